The average molecular weight is 251 g/mol. The molecule has 10 heavy (non-hydrogen) atoms. The van der Waals surface area contributed by atoms with Crippen LogP contribution in [0.15, 0.2) is 4.99 Å². The van der Waals surface area contributed by atoms with Crippen LogP contribution in [0.25, 0.3) is 0 Å². The SMILES string of the molecule is CI=C=NC1CCCCC1. The Morgan fingerprint density at radius 2 is 2.00 bits per heavy atom. The number of aliphatic imine (C=N–C) groups is 1. The molecule has 0 unspecified atom stereocenters. The van der Waals surface area contributed by atoms with E-state index in [1.165, 1.54) is 32.1 Å². The van der Waals surface area contributed by atoms with Gasteiger partial charge in [-0.2, -0.15) is 0 Å². The molecule has 0 N–H and O–H groups in total. The van der Waals surface area contributed by atoms with E-state index in [-0.39, 0.29) is 20.7 Å². The van der Waals surface area contributed by atoms with Crippen molar-refractivity contribution in [2.45, 2.75) is 38.1 Å². The predicted molar refractivity (Wildman–Crippen MR) is 54.3 cm³/mol. The predicted octanol–water partition coefficient (Wildman–Crippen LogP) is 2.82. The second-order valence-electron chi connectivity index (χ2n) is 2.69. The first-order chi connectivity index (χ1) is 4.93. The first kappa shape index (κ1) is 8.41. The molecule has 1 aliphatic carbocycles. The molecule has 0 spiro atoms. The van der Waals surface area contributed by atoms with Crippen molar-refractivity contribution >= 4 is 24.5 Å². The van der Waals surface area contributed by atoms with Crippen LogP contribution in [0, 0.1) is 0 Å². The van der Waals surface area contributed by atoms with Gasteiger partial charge in [-0.1, -0.05) is 40.0 Å². The van der Waals surface area contributed by atoms with Gasteiger partial charge in [0.2, 0.25) is 0 Å². The van der Waals surface area contributed by atoms with Crippen molar-refractivity contribution in [2.24, 2.45) is 4.99 Å². The third kappa shape index (κ3) is 2.93. The van der Waals surface area contributed by atoms with Crippen LogP contribution in [0.5, 0.6) is 0 Å². The minimum atomic E-state index is 0.164. The van der Waals surface area contributed by atoms with E-state index in [2.05, 4.69) is 13.7 Å². The Hall–Kier alpha value is 0.310. The van der Waals surface area contributed by atoms with Crippen LogP contribution in [0.2, 0.25) is 0 Å². The van der Waals surface area contributed by atoms with E-state index in [0.717, 1.165) is 0 Å². The maximum Gasteiger partial charge on any atom is 0.0598 e. The Bertz CT molecular complexity index is 141. The van der Waals surface area contributed by atoms with Crippen molar-refractivity contribution in [3.63, 3.8) is 0 Å². The number of hydrogen-bond acceptors (Lipinski definition) is 1. The number of halogens is 1. The smallest absolute Gasteiger partial charge is 0.0598 e. The fourth-order valence-electron chi connectivity index (χ4n) is 1.33. The van der Waals surface area contributed by atoms with Crippen LogP contribution in [-0.2, 0) is 0 Å². The lowest BCUT2D eigenvalue weighted by molar-refractivity contribution is 0.445. The summed E-state index contributed by atoms with van der Waals surface area (Å²) >= 11 is 0.164. The van der Waals surface area contributed by atoms with Crippen molar-refractivity contribution < 1.29 is 0 Å². The topological polar surface area (TPSA) is 12.4 Å². The lowest BCUT2D eigenvalue weighted by Gasteiger charge is -2.15. The van der Waals surface area contributed by atoms with E-state index in [0.29, 0.717) is 6.04 Å². The summed E-state index contributed by atoms with van der Waals surface area (Å²) in [7, 11) is 0. The summed E-state index contributed by atoms with van der Waals surface area (Å²) < 4.78 is 3.15. The summed E-state index contributed by atoms with van der Waals surface area (Å²) in [5, 5.41) is 0. The van der Waals surface area contributed by atoms with Gasteiger partial charge in [-0.15, -0.1) is 0 Å². The van der Waals surface area contributed by atoms with E-state index in [1.807, 2.05) is 0 Å². The van der Waals surface area contributed by atoms with Gasteiger partial charge >= 0.3 is 0 Å². The van der Waals surface area contributed by atoms with Crippen molar-refractivity contribution in [3.8, 4) is 0 Å². The summed E-state index contributed by atoms with van der Waals surface area (Å²) in [4.78, 5) is 6.60. The molecule has 1 saturated carbocycles. The minimum absolute atomic E-state index is 0.164. The molecule has 0 aromatic heterocycles. The Morgan fingerprint density at radius 3 is 2.60 bits per heavy atom. The molecule has 58 valence electrons. The number of hydrogen-bond donors (Lipinski definition) is 0. The number of rotatable bonds is 1. The third-order valence-corrected chi connectivity index (χ3v) is 2.65. The van der Waals surface area contributed by atoms with Crippen molar-refractivity contribution in [2.75, 3.05) is 4.93 Å². The highest BCUT2D eigenvalue weighted by molar-refractivity contribution is 14.2. The molecule has 0 amide bonds. The average Bonchev–Trinajstić information content (AvgIpc) is 2.03. The van der Waals surface area contributed by atoms with E-state index >= 15 is 0 Å². The fourth-order valence-corrected chi connectivity index (χ4v) is 2.00. The molecule has 0 saturated heterocycles. The molecule has 0 radical (unpaired) electrons. The molecule has 0 bridgehead atoms. The molecule has 0 aromatic rings. The second-order valence-corrected chi connectivity index (χ2v) is 4.26. The number of alkyl halides is 1. The molecule has 2 heteroatoms. The lowest BCUT2D eigenvalue weighted by atomic mass is 9.96. The minimum Gasteiger partial charge on any atom is -0.234 e. The fraction of sp³-hybridized carbons (Fsp3) is 0.875. The normalized spacial score (nSPS) is 20.1. The molecule has 1 rings (SSSR count). The van der Waals surface area contributed by atoms with Gasteiger partial charge in [0, 0.05) is 3.81 Å². The molecule has 0 atom stereocenters. The van der Waals surface area contributed by atoms with Gasteiger partial charge in [-0.05, 0) is 17.8 Å². The van der Waals surface area contributed by atoms with Gasteiger partial charge < -0.3 is 0 Å². The van der Waals surface area contributed by atoms with Crippen molar-refractivity contribution in [1.29, 1.82) is 0 Å². The van der Waals surface area contributed by atoms with Gasteiger partial charge in [0.15, 0.2) is 0 Å². The van der Waals surface area contributed by atoms with Gasteiger partial charge in [0.25, 0.3) is 0 Å². The van der Waals surface area contributed by atoms with Crippen LogP contribution in [0.4, 0.5) is 0 Å². The van der Waals surface area contributed by atoms with Gasteiger partial charge in [-0.3, -0.25) is 0 Å². The number of nitrogens with zero attached hydrogens (tertiary/aromatic N) is 1. The summed E-state index contributed by atoms with van der Waals surface area (Å²) in [6.07, 6.45) is 6.83. The Kier molecular flexibility index (Phi) is 4.23. The summed E-state index contributed by atoms with van der Waals surface area (Å²) in [5.74, 6) is 0. The third-order valence-electron chi connectivity index (χ3n) is 1.89. The largest absolute Gasteiger partial charge is 0.234 e. The summed E-state index contributed by atoms with van der Waals surface area (Å²) in [6, 6.07) is 0.647. The zero-order valence-electron chi connectivity index (χ0n) is 6.44. The van der Waals surface area contributed by atoms with Crippen LogP contribution in [-0.4, -0.2) is 14.8 Å². The van der Waals surface area contributed by atoms with Gasteiger partial charge in [0.05, 0.1) is 6.04 Å². The molecule has 0 aliphatic heterocycles. The summed E-state index contributed by atoms with van der Waals surface area (Å²) in [6.45, 7) is 0. The molecular formula is C8H14IN. The Labute approximate surface area is 72.7 Å². The second kappa shape index (κ2) is 5.03. The Morgan fingerprint density at radius 1 is 1.30 bits per heavy atom. The van der Waals surface area contributed by atoms with Gasteiger partial charge in [0.1, 0.15) is 0 Å². The highest BCUT2D eigenvalue weighted by atomic mass is 127. The molecule has 1 fully saturated rings. The van der Waals surface area contributed by atoms with Crippen molar-refractivity contribution in [3.05, 3.63) is 0 Å². The molecule has 0 heterocycles. The molecule has 1 aliphatic rings. The highest BCUT2D eigenvalue weighted by Gasteiger charge is 2.10. The standard InChI is InChI=1S/C8H14IN/c1-9-7-10-8-5-3-2-4-6-8/h8H,2-6H2,1H3. The zero-order valence-corrected chi connectivity index (χ0v) is 8.60. The van der Waals surface area contributed by atoms with Crippen molar-refractivity contribution in [1.82, 2.24) is 0 Å². The monoisotopic (exact) mass is 251 g/mol. The van der Waals surface area contributed by atoms with E-state index in [1.54, 1.807) is 0 Å². The van der Waals surface area contributed by atoms with E-state index in [4.69, 9.17) is 0 Å². The molecule has 1 nitrogen and oxygen atoms in total. The van der Waals surface area contributed by atoms with Crippen LogP contribution >= 0.6 is 20.7 Å². The van der Waals surface area contributed by atoms with E-state index in [9.17, 15) is 0 Å². The van der Waals surface area contributed by atoms with Crippen LogP contribution in [0.1, 0.15) is 32.1 Å². The maximum atomic E-state index is 4.40. The first-order valence-corrected chi connectivity index (χ1v) is 7.10. The van der Waals surface area contributed by atoms with Crippen LogP contribution < -0.4 is 0 Å². The summed E-state index contributed by atoms with van der Waals surface area (Å²) in [5.41, 5.74) is 0. The maximum absolute atomic E-state index is 4.40. The van der Waals surface area contributed by atoms with Crippen LogP contribution in [0.3, 0.4) is 0 Å². The lowest BCUT2D eigenvalue weighted by Crippen LogP contribution is -2.08. The molecule has 0 aromatic carbocycles. The Balaban J connectivity index is 2.32. The highest BCUT2D eigenvalue weighted by Crippen LogP contribution is 2.19. The zero-order chi connectivity index (χ0) is 7.23. The van der Waals surface area contributed by atoms with E-state index < -0.39 is 0 Å². The van der Waals surface area contributed by atoms with Gasteiger partial charge in [-0.25, -0.2) is 4.99 Å². The quantitative estimate of drug-likeness (QED) is 0.386. The molecular weight excluding hydrogens is 237 g/mol. The first-order valence-electron chi connectivity index (χ1n) is 3.87.